The van der Waals surface area contributed by atoms with Crippen molar-refractivity contribution in [3.8, 4) is 18.1 Å². The molecule has 0 heterocycles. The number of nitrogens with one attached hydrogen (secondary N) is 1. The molecule has 0 aliphatic rings. The average molecular weight is 259 g/mol. The summed E-state index contributed by atoms with van der Waals surface area (Å²) < 4.78 is 5.42. The molecule has 0 fully saturated rings. The molecular weight excluding hydrogens is 238 g/mol. The molecule has 0 radical (unpaired) electrons. The van der Waals surface area contributed by atoms with Crippen LogP contribution in [0.2, 0.25) is 0 Å². The van der Waals surface area contributed by atoms with Crippen molar-refractivity contribution in [1.29, 1.82) is 0 Å². The van der Waals surface area contributed by atoms with Crippen LogP contribution < -0.4 is 10.1 Å². The lowest BCUT2D eigenvalue weighted by molar-refractivity contribution is 0.340. The quantitative estimate of drug-likeness (QED) is 0.497. The maximum absolute atomic E-state index is 5.42. The van der Waals surface area contributed by atoms with Gasteiger partial charge in [0.15, 0.2) is 5.96 Å². The van der Waals surface area contributed by atoms with E-state index in [1.54, 1.807) is 7.05 Å². The molecule has 1 N–H and O–H groups in total. The molecule has 0 bridgehead atoms. The number of terminal acetylenes is 1. The van der Waals surface area contributed by atoms with Gasteiger partial charge in [0, 0.05) is 20.6 Å². The van der Waals surface area contributed by atoms with E-state index < -0.39 is 0 Å². The van der Waals surface area contributed by atoms with Crippen LogP contribution in [0.4, 0.5) is 0 Å². The minimum absolute atomic E-state index is 0.473. The molecule has 0 atom stereocenters. The Balaban J connectivity index is 2.60. The van der Waals surface area contributed by atoms with Crippen molar-refractivity contribution in [3.63, 3.8) is 0 Å². The van der Waals surface area contributed by atoms with Crippen LogP contribution in [-0.2, 0) is 6.54 Å². The first kappa shape index (κ1) is 14.9. The molecule has 1 rings (SSSR count). The largest absolute Gasteiger partial charge is 0.494 e. The van der Waals surface area contributed by atoms with Crippen LogP contribution >= 0.6 is 0 Å². The second-order valence-corrected chi connectivity index (χ2v) is 4.04. The molecule has 0 aromatic heterocycles. The number of rotatable bonds is 5. The van der Waals surface area contributed by atoms with Gasteiger partial charge in [0.25, 0.3) is 0 Å². The van der Waals surface area contributed by atoms with Crippen LogP contribution in [-0.4, -0.2) is 38.1 Å². The van der Waals surface area contributed by atoms with Crippen LogP contribution in [0.3, 0.4) is 0 Å². The molecule has 0 amide bonds. The van der Waals surface area contributed by atoms with Gasteiger partial charge in [-0.1, -0.05) is 18.1 Å². The average Bonchev–Trinajstić information content (AvgIpc) is 2.42. The van der Waals surface area contributed by atoms with Gasteiger partial charge in [-0.25, -0.2) is 0 Å². The number of hydrogen-bond acceptors (Lipinski definition) is 2. The minimum Gasteiger partial charge on any atom is -0.494 e. The Bertz CT molecular complexity index is 445. The molecule has 0 saturated carbocycles. The number of ether oxygens (including phenoxy) is 1. The number of nitrogens with zero attached hydrogens (tertiary/aromatic N) is 2. The standard InChI is InChI=1S/C15H21N3O/c1-5-11-17-15(16-3)18(4)12-13-7-9-14(10-8-13)19-6-2/h1,7-10H,6,11-12H2,2-4H3,(H,16,17). The summed E-state index contributed by atoms with van der Waals surface area (Å²) in [6.45, 7) is 3.89. The third-order valence-electron chi connectivity index (χ3n) is 2.58. The molecule has 0 aliphatic heterocycles. The Kier molecular flexibility index (Phi) is 6.31. The highest BCUT2D eigenvalue weighted by molar-refractivity contribution is 5.79. The first-order chi connectivity index (χ1) is 9.21. The van der Waals surface area contributed by atoms with Gasteiger partial charge in [-0.3, -0.25) is 4.99 Å². The zero-order valence-corrected chi connectivity index (χ0v) is 11.8. The number of hydrogen-bond donors (Lipinski definition) is 1. The van der Waals surface area contributed by atoms with Crippen molar-refractivity contribution in [2.75, 3.05) is 27.2 Å². The van der Waals surface area contributed by atoms with Crippen LogP contribution in [0.25, 0.3) is 0 Å². The van der Waals surface area contributed by atoms with Gasteiger partial charge in [-0.15, -0.1) is 6.42 Å². The van der Waals surface area contributed by atoms with Gasteiger partial charge in [-0.2, -0.15) is 0 Å². The van der Waals surface area contributed by atoms with Gasteiger partial charge in [0.1, 0.15) is 5.75 Å². The monoisotopic (exact) mass is 259 g/mol. The summed E-state index contributed by atoms with van der Waals surface area (Å²) in [6.07, 6.45) is 5.23. The normalized spacial score (nSPS) is 10.7. The number of guanidine groups is 1. The smallest absolute Gasteiger partial charge is 0.194 e. The molecule has 4 heteroatoms. The lowest BCUT2D eigenvalue weighted by Crippen LogP contribution is -2.38. The van der Waals surface area contributed by atoms with Gasteiger partial charge in [0.05, 0.1) is 13.2 Å². The topological polar surface area (TPSA) is 36.9 Å². The van der Waals surface area contributed by atoms with Gasteiger partial charge in [-0.05, 0) is 24.6 Å². The van der Waals surface area contributed by atoms with E-state index in [0.29, 0.717) is 13.2 Å². The molecule has 1 aromatic rings. The maximum Gasteiger partial charge on any atom is 0.194 e. The van der Waals surface area contributed by atoms with Crippen molar-refractivity contribution in [3.05, 3.63) is 29.8 Å². The van der Waals surface area contributed by atoms with Crippen LogP contribution in [0.15, 0.2) is 29.3 Å². The fourth-order valence-corrected chi connectivity index (χ4v) is 1.72. The molecule has 0 aliphatic carbocycles. The molecular formula is C15H21N3O. The minimum atomic E-state index is 0.473. The molecule has 19 heavy (non-hydrogen) atoms. The summed E-state index contributed by atoms with van der Waals surface area (Å²) in [5.41, 5.74) is 1.19. The fourth-order valence-electron chi connectivity index (χ4n) is 1.72. The highest BCUT2D eigenvalue weighted by Crippen LogP contribution is 2.13. The molecule has 0 spiro atoms. The van der Waals surface area contributed by atoms with Crippen molar-refractivity contribution < 1.29 is 4.74 Å². The van der Waals surface area contributed by atoms with E-state index in [1.165, 1.54) is 5.56 Å². The third kappa shape index (κ3) is 4.92. The predicted molar refractivity (Wildman–Crippen MR) is 79.3 cm³/mol. The molecule has 0 saturated heterocycles. The van der Waals surface area contributed by atoms with E-state index in [1.807, 2.05) is 31.0 Å². The van der Waals surface area contributed by atoms with Crippen LogP contribution in [0, 0.1) is 12.3 Å². The summed E-state index contributed by atoms with van der Waals surface area (Å²) >= 11 is 0. The number of aliphatic imine (C=N–C) groups is 1. The summed E-state index contributed by atoms with van der Waals surface area (Å²) in [5, 5.41) is 3.09. The third-order valence-corrected chi connectivity index (χ3v) is 2.58. The Morgan fingerprint density at radius 3 is 2.63 bits per heavy atom. The van der Waals surface area contributed by atoms with Gasteiger partial charge < -0.3 is 15.0 Å². The second kappa shape index (κ2) is 8.04. The maximum atomic E-state index is 5.42. The predicted octanol–water partition coefficient (Wildman–Crippen LogP) is 1.73. The highest BCUT2D eigenvalue weighted by atomic mass is 16.5. The zero-order chi connectivity index (χ0) is 14.1. The van der Waals surface area contributed by atoms with E-state index in [4.69, 9.17) is 11.2 Å². The Hall–Kier alpha value is -2.15. The van der Waals surface area contributed by atoms with Crippen molar-refractivity contribution in [2.24, 2.45) is 4.99 Å². The summed E-state index contributed by atoms with van der Waals surface area (Å²) in [4.78, 5) is 6.20. The Morgan fingerprint density at radius 1 is 1.42 bits per heavy atom. The number of benzene rings is 1. The summed E-state index contributed by atoms with van der Waals surface area (Å²) in [6, 6.07) is 8.06. The van der Waals surface area contributed by atoms with Crippen molar-refractivity contribution in [2.45, 2.75) is 13.5 Å². The summed E-state index contributed by atoms with van der Waals surface area (Å²) in [5.74, 6) is 4.21. The lowest BCUT2D eigenvalue weighted by atomic mass is 10.2. The van der Waals surface area contributed by atoms with Gasteiger partial charge >= 0.3 is 0 Å². The highest BCUT2D eigenvalue weighted by Gasteiger charge is 2.05. The van der Waals surface area contributed by atoms with Crippen LogP contribution in [0.5, 0.6) is 5.75 Å². The molecule has 4 nitrogen and oxygen atoms in total. The SMILES string of the molecule is C#CCNC(=NC)N(C)Cc1ccc(OCC)cc1. The molecule has 102 valence electrons. The van der Waals surface area contributed by atoms with E-state index >= 15 is 0 Å². The molecule has 1 aromatic carbocycles. The van der Waals surface area contributed by atoms with E-state index in [9.17, 15) is 0 Å². The lowest BCUT2D eigenvalue weighted by Gasteiger charge is -2.21. The van der Waals surface area contributed by atoms with Crippen LogP contribution in [0.1, 0.15) is 12.5 Å². The Labute approximate surface area is 115 Å². The van der Waals surface area contributed by atoms with Crippen molar-refractivity contribution >= 4 is 5.96 Å². The van der Waals surface area contributed by atoms with Crippen molar-refractivity contribution in [1.82, 2.24) is 10.2 Å². The van der Waals surface area contributed by atoms with Gasteiger partial charge in [0.2, 0.25) is 0 Å². The zero-order valence-electron chi connectivity index (χ0n) is 11.8. The summed E-state index contributed by atoms with van der Waals surface area (Å²) in [7, 11) is 3.72. The van der Waals surface area contributed by atoms with E-state index in [2.05, 4.69) is 28.4 Å². The Morgan fingerprint density at radius 2 is 2.11 bits per heavy atom. The molecule has 0 unspecified atom stereocenters. The first-order valence-corrected chi connectivity index (χ1v) is 6.28. The first-order valence-electron chi connectivity index (χ1n) is 6.28. The van der Waals surface area contributed by atoms with E-state index in [0.717, 1.165) is 18.3 Å². The second-order valence-electron chi connectivity index (χ2n) is 4.04. The fraction of sp³-hybridized carbons (Fsp3) is 0.400. The van der Waals surface area contributed by atoms with E-state index in [-0.39, 0.29) is 0 Å².